The molecule has 0 fully saturated rings. The number of para-hydroxylation sites is 4. The number of aryl methyl sites for hydroxylation is 1. The van der Waals surface area contributed by atoms with E-state index >= 15 is 0 Å². The van der Waals surface area contributed by atoms with Gasteiger partial charge in [0.25, 0.3) is 0 Å². The first kappa shape index (κ1) is 21.9. The minimum atomic E-state index is 0.544. The molecule has 35 heavy (non-hydrogen) atoms. The molecule has 5 aromatic rings. The van der Waals surface area contributed by atoms with Crippen molar-refractivity contribution in [1.29, 1.82) is 5.26 Å². The molecule has 0 aliphatic carbocycles. The SMILES string of the molecule is Cc1cc(N(c2ccccc2)c2ccccc2)nc(N(c2ccccc2)c2ccccc2)c1C#N. The van der Waals surface area contributed by atoms with Crippen molar-refractivity contribution >= 4 is 34.4 Å². The van der Waals surface area contributed by atoms with Gasteiger partial charge in [0.1, 0.15) is 11.9 Å². The molecule has 0 unspecified atom stereocenters. The van der Waals surface area contributed by atoms with Gasteiger partial charge in [-0.05, 0) is 67.1 Å². The van der Waals surface area contributed by atoms with Crippen LogP contribution in [0.5, 0.6) is 0 Å². The first-order chi connectivity index (χ1) is 17.3. The molecule has 0 bridgehead atoms. The van der Waals surface area contributed by atoms with Crippen LogP contribution in [0.15, 0.2) is 127 Å². The van der Waals surface area contributed by atoms with Crippen LogP contribution in [0.4, 0.5) is 34.4 Å². The summed E-state index contributed by atoms with van der Waals surface area (Å²) in [7, 11) is 0. The molecule has 5 rings (SSSR count). The average Bonchev–Trinajstić information content (AvgIpc) is 2.91. The fraction of sp³-hybridized carbons (Fsp3) is 0.0323. The maximum atomic E-state index is 10.2. The maximum absolute atomic E-state index is 10.2. The number of hydrogen-bond donors (Lipinski definition) is 0. The van der Waals surface area contributed by atoms with Gasteiger partial charge in [-0.1, -0.05) is 72.8 Å². The Bertz CT molecular complexity index is 1370. The number of benzene rings is 4. The first-order valence-electron chi connectivity index (χ1n) is 11.5. The number of nitriles is 1. The number of nitrogens with zero attached hydrogens (tertiary/aromatic N) is 4. The molecule has 0 saturated heterocycles. The normalized spacial score (nSPS) is 10.4. The Morgan fingerprint density at radius 2 is 0.943 bits per heavy atom. The van der Waals surface area contributed by atoms with Crippen LogP contribution in [0, 0.1) is 18.3 Å². The summed E-state index contributed by atoms with van der Waals surface area (Å²) in [5.74, 6) is 1.34. The standard InChI is InChI=1S/C31H24N4/c1-24-22-30(34(25-14-6-2-7-15-25)26-16-8-3-9-17-26)33-31(29(24)23-32)35(27-18-10-4-11-19-27)28-20-12-5-13-21-28/h2-22H,1H3. The molecule has 0 aliphatic heterocycles. The van der Waals surface area contributed by atoms with E-state index in [4.69, 9.17) is 4.98 Å². The van der Waals surface area contributed by atoms with E-state index in [2.05, 4.69) is 35.2 Å². The van der Waals surface area contributed by atoms with E-state index < -0.39 is 0 Å². The van der Waals surface area contributed by atoms with E-state index in [1.807, 2.05) is 115 Å². The molecule has 4 heteroatoms. The summed E-state index contributed by atoms with van der Waals surface area (Å²) < 4.78 is 0. The summed E-state index contributed by atoms with van der Waals surface area (Å²) in [6, 6.07) is 44.8. The lowest BCUT2D eigenvalue weighted by molar-refractivity contribution is 1.11. The monoisotopic (exact) mass is 452 g/mol. The Hall–Kier alpha value is -4.88. The predicted molar refractivity (Wildman–Crippen MR) is 143 cm³/mol. The molecule has 168 valence electrons. The van der Waals surface area contributed by atoms with Crippen molar-refractivity contribution in [3.63, 3.8) is 0 Å². The van der Waals surface area contributed by atoms with Crippen molar-refractivity contribution in [2.75, 3.05) is 9.80 Å². The van der Waals surface area contributed by atoms with Crippen LogP contribution in [0.1, 0.15) is 11.1 Å². The number of rotatable bonds is 6. The minimum Gasteiger partial charge on any atom is -0.295 e. The van der Waals surface area contributed by atoms with E-state index in [-0.39, 0.29) is 0 Å². The molecule has 1 aromatic heterocycles. The van der Waals surface area contributed by atoms with Gasteiger partial charge in [0.05, 0.1) is 5.56 Å². The minimum absolute atomic E-state index is 0.544. The van der Waals surface area contributed by atoms with E-state index in [0.717, 1.165) is 34.1 Å². The Labute approximate surface area is 206 Å². The molecule has 1 heterocycles. The zero-order valence-corrected chi connectivity index (χ0v) is 19.4. The van der Waals surface area contributed by atoms with E-state index in [1.54, 1.807) is 0 Å². The molecule has 0 spiro atoms. The molecule has 0 amide bonds. The van der Waals surface area contributed by atoms with Crippen molar-refractivity contribution in [2.24, 2.45) is 0 Å². The van der Waals surface area contributed by atoms with Crippen molar-refractivity contribution in [3.05, 3.63) is 139 Å². The molecule has 4 aromatic carbocycles. The summed E-state index contributed by atoms with van der Waals surface area (Å²) in [6.07, 6.45) is 0. The smallest absolute Gasteiger partial charge is 0.158 e. The zero-order valence-electron chi connectivity index (χ0n) is 19.4. The van der Waals surface area contributed by atoms with Gasteiger partial charge >= 0.3 is 0 Å². The Kier molecular flexibility index (Phi) is 6.23. The van der Waals surface area contributed by atoms with Crippen LogP contribution >= 0.6 is 0 Å². The second kappa shape index (κ2) is 9.94. The van der Waals surface area contributed by atoms with Crippen LogP contribution in [0.25, 0.3) is 0 Å². The van der Waals surface area contributed by atoms with Crippen molar-refractivity contribution in [1.82, 2.24) is 4.98 Å². The second-order valence-electron chi connectivity index (χ2n) is 8.12. The van der Waals surface area contributed by atoms with Crippen LogP contribution in [-0.4, -0.2) is 4.98 Å². The van der Waals surface area contributed by atoms with Gasteiger partial charge < -0.3 is 0 Å². The fourth-order valence-electron chi connectivity index (χ4n) is 4.17. The Morgan fingerprint density at radius 3 is 1.31 bits per heavy atom. The van der Waals surface area contributed by atoms with Gasteiger partial charge in [-0.3, -0.25) is 9.80 Å². The summed E-state index contributed by atoms with van der Waals surface area (Å²) in [6.45, 7) is 1.97. The molecular weight excluding hydrogens is 428 g/mol. The largest absolute Gasteiger partial charge is 0.295 e. The molecule has 0 N–H and O–H groups in total. The molecule has 0 atom stereocenters. The van der Waals surface area contributed by atoms with Crippen molar-refractivity contribution < 1.29 is 0 Å². The van der Waals surface area contributed by atoms with Crippen LogP contribution in [0.2, 0.25) is 0 Å². The highest BCUT2D eigenvalue weighted by Gasteiger charge is 2.23. The molecule has 0 aliphatic rings. The summed E-state index contributed by atoms with van der Waals surface area (Å²) in [4.78, 5) is 9.30. The number of anilines is 6. The predicted octanol–water partition coefficient (Wildman–Crippen LogP) is 8.20. The van der Waals surface area contributed by atoms with Crippen LogP contribution < -0.4 is 9.80 Å². The third kappa shape index (κ3) is 4.48. The second-order valence-corrected chi connectivity index (χ2v) is 8.12. The van der Waals surface area contributed by atoms with Gasteiger partial charge in [-0.2, -0.15) is 5.26 Å². The Balaban J connectivity index is 1.77. The van der Waals surface area contributed by atoms with Gasteiger partial charge in [-0.15, -0.1) is 0 Å². The Morgan fingerprint density at radius 1 is 0.571 bits per heavy atom. The van der Waals surface area contributed by atoms with Crippen molar-refractivity contribution in [2.45, 2.75) is 6.92 Å². The highest BCUT2D eigenvalue weighted by atomic mass is 15.3. The highest BCUT2D eigenvalue weighted by molar-refractivity contribution is 5.82. The fourth-order valence-corrected chi connectivity index (χ4v) is 4.17. The number of pyridine rings is 1. The van der Waals surface area contributed by atoms with E-state index in [0.29, 0.717) is 11.4 Å². The lowest BCUT2D eigenvalue weighted by Gasteiger charge is -2.29. The number of hydrogen-bond acceptors (Lipinski definition) is 4. The lowest BCUT2D eigenvalue weighted by Crippen LogP contribution is -2.17. The molecule has 0 radical (unpaired) electrons. The van der Waals surface area contributed by atoms with E-state index in [1.165, 1.54) is 0 Å². The average molecular weight is 453 g/mol. The first-order valence-corrected chi connectivity index (χ1v) is 11.5. The van der Waals surface area contributed by atoms with Crippen LogP contribution in [0.3, 0.4) is 0 Å². The quantitative estimate of drug-likeness (QED) is 0.260. The maximum Gasteiger partial charge on any atom is 0.158 e. The van der Waals surface area contributed by atoms with Gasteiger partial charge in [-0.25, -0.2) is 4.98 Å². The van der Waals surface area contributed by atoms with Gasteiger partial charge in [0.2, 0.25) is 0 Å². The van der Waals surface area contributed by atoms with Crippen molar-refractivity contribution in [3.8, 4) is 6.07 Å². The van der Waals surface area contributed by atoms with Gasteiger partial charge in [0, 0.05) is 22.7 Å². The molecule has 4 nitrogen and oxygen atoms in total. The summed E-state index contributed by atoms with van der Waals surface area (Å²) >= 11 is 0. The van der Waals surface area contributed by atoms with E-state index in [9.17, 15) is 5.26 Å². The third-order valence-electron chi connectivity index (χ3n) is 5.79. The summed E-state index contributed by atoms with van der Waals surface area (Å²) in [5.41, 5.74) is 5.26. The van der Waals surface area contributed by atoms with Crippen LogP contribution in [-0.2, 0) is 0 Å². The number of aromatic nitrogens is 1. The molecular formula is C31H24N4. The highest BCUT2D eigenvalue weighted by Crippen LogP contribution is 2.40. The summed E-state index contributed by atoms with van der Waals surface area (Å²) in [5, 5.41) is 10.2. The zero-order chi connectivity index (χ0) is 24.0. The lowest BCUT2D eigenvalue weighted by atomic mass is 10.1. The topological polar surface area (TPSA) is 43.2 Å². The third-order valence-corrected chi connectivity index (χ3v) is 5.79. The molecule has 0 saturated carbocycles. The van der Waals surface area contributed by atoms with Gasteiger partial charge in [0.15, 0.2) is 5.82 Å².